The molecule has 0 saturated heterocycles. The Labute approximate surface area is 158 Å². The predicted octanol–water partition coefficient (Wildman–Crippen LogP) is 2.72. The van der Waals surface area contributed by atoms with Gasteiger partial charge < -0.3 is 16.0 Å². The number of hydrogen-bond donors (Lipinski definition) is 3. The van der Waals surface area contributed by atoms with Crippen molar-refractivity contribution in [1.82, 2.24) is 20.3 Å². The summed E-state index contributed by atoms with van der Waals surface area (Å²) in [7, 11) is 0. The topological polar surface area (TPSA) is 114 Å². The highest BCUT2D eigenvalue weighted by Crippen LogP contribution is 2.24. The number of rotatable bonds is 5. The first-order chi connectivity index (χ1) is 13.1. The molecular weight excluding hydrogens is 362 g/mol. The second-order valence-corrected chi connectivity index (χ2v) is 6.72. The number of carbonyl (C=O) groups is 2. The average Bonchev–Trinajstić information content (AvgIpc) is 3.33. The number of nitrogens with one attached hydrogen (secondary N) is 2. The lowest BCUT2D eigenvalue weighted by atomic mass is 10.1. The summed E-state index contributed by atoms with van der Waals surface area (Å²) >= 11 is 1.36. The summed E-state index contributed by atoms with van der Waals surface area (Å²) in [4.78, 5) is 35.5. The zero-order chi connectivity index (χ0) is 18.8. The van der Waals surface area contributed by atoms with Crippen molar-refractivity contribution in [3.8, 4) is 10.6 Å². The molecule has 0 aliphatic rings. The summed E-state index contributed by atoms with van der Waals surface area (Å²) in [5.74, 6) is -0.0694. The van der Waals surface area contributed by atoms with Crippen LogP contribution in [0.2, 0.25) is 0 Å². The number of para-hydroxylation sites is 2. The van der Waals surface area contributed by atoms with E-state index in [9.17, 15) is 9.59 Å². The minimum absolute atomic E-state index is 0.272. The Morgan fingerprint density at radius 2 is 1.85 bits per heavy atom. The van der Waals surface area contributed by atoms with Crippen LogP contribution in [0.4, 0.5) is 0 Å². The van der Waals surface area contributed by atoms with Crippen LogP contribution in [0.1, 0.15) is 26.7 Å². The first kappa shape index (κ1) is 16.9. The van der Waals surface area contributed by atoms with Gasteiger partial charge in [0.25, 0.3) is 5.91 Å². The maximum Gasteiger partial charge on any atom is 0.271 e. The standard InChI is InChI=1S/C19H15N5O2S/c20-17(25)11-5-7-12(8-6-11)19-24-15(10-27-19)18(26)21-9-16-22-13-3-1-2-4-14(13)23-16/h1-8,10H,9H2,(H2,20,25)(H,21,26)(H,22,23). The molecule has 2 heterocycles. The maximum atomic E-state index is 12.4. The first-order valence-corrected chi connectivity index (χ1v) is 9.06. The van der Waals surface area contributed by atoms with Crippen molar-refractivity contribution in [3.63, 3.8) is 0 Å². The van der Waals surface area contributed by atoms with Gasteiger partial charge in [0.2, 0.25) is 5.91 Å². The number of aromatic nitrogens is 3. The lowest BCUT2D eigenvalue weighted by Gasteiger charge is -2.00. The lowest BCUT2D eigenvalue weighted by molar-refractivity contribution is 0.0944. The molecule has 0 unspecified atom stereocenters. The Morgan fingerprint density at radius 3 is 2.59 bits per heavy atom. The van der Waals surface area contributed by atoms with Gasteiger partial charge in [-0.2, -0.15) is 0 Å². The molecular formula is C19H15N5O2S. The highest BCUT2D eigenvalue weighted by atomic mass is 32.1. The van der Waals surface area contributed by atoms with Crippen LogP contribution in [0.15, 0.2) is 53.9 Å². The number of imidazole rings is 1. The van der Waals surface area contributed by atoms with Crippen LogP contribution in [-0.2, 0) is 6.54 Å². The molecule has 7 nitrogen and oxygen atoms in total. The normalized spacial score (nSPS) is 10.8. The minimum Gasteiger partial charge on any atom is -0.366 e. The Hall–Kier alpha value is -3.52. The van der Waals surface area contributed by atoms with E-state index in [0.29, 0.717) is 22.1 Å². The highest BCUT2D eigenvalue weighted by molar-refractivity contribution is 7.13. The van der Waals surface area contributed by atoms with E-state index in [0.717, 1.165) is 16.6 Å². The highest BCUT2D eigenvalue weighted by Gasteiger charge is 2.13. The molecule has 0 aliphatic heterocycles. The molecule has 0 bridgehead atoms. The third kappa shape index (κ3) is 3.56. The number of aromatic amines is 1. The predicted molar refractivity (Wildman–Crippen MR) is 103 cm³/mol. The second-order valence-electron chi connectivity index (χ2n) is 5.86. The number of fused-ring (bicyclic) bond motifs is 1. The third-order valence-electron chi connectivity index (χ3n) is 4.01. The molecule has 2 aromatic carbocycles. The van der Waals surface area contributed by atoms with Crippen LogP contribution < -0.4 is 11.1 Å². The summed E-state index contributed by atoms with van der Waals surface area (Å²) in [6.07, 6.45) is 0. The van der Waals surface area contributed by atoms with Gasteiger partial charge in [-0.25, -0.2) is 9.97 Å². The molecule has 0 fully saturated rings. The SMILES string of the molecule is NC(=O)c1ccc(-c2nc(C(=O)NCc3nc4ccccc4[nH]3)cs2)cc1. The van der Waals surface area contributed by atoms with Crippen molar-refractivity contribution in [3.05, 3.63) is 71.0 Å². The fraction of sp³-hybridized carbons (Fsp3) is 0.0526. The number of nitrogens with two attached hydrogens (primary N) is 1. The molecule has 0 aliphatic carbocycles. The number of nitrogens with zero attached hydrogens (tertiary/aromatic N) is 2. The van der Waals surface area contributed by atoms with Crippen LogP contribution in [0.5, 0.6) is 0 Å². The van der Waals surface area contributed by atoms with Crippen LogP contribution in [0.25, 0.3) is 21.6 Å². The summed E-state index contributed by atoms with van der Waals surface area (Å²) in [6.45, 7) is 0.285. The summed E-state index contributed by atoms with van der Waals surface area (Å²) in [5.41, 5.74) is 8.61. The minimum atomic E-state index is -0.480. The zero-order valence-electron chi connectivity index (χ0n) is 14.1. The van der Waals surface area contributed by atoms with Gasteiger partial charge in [0.1, 0.15) is 16.5 Å². The van der Waals surface area contributed by atoms with Crippen LogP contribution in [0, 0.1) is 0 Å². The molecule has 2 amide bonds. The molecule has 4 rings (SSSR count). The van der Waals surface area contributed by atoms with Gasteiger partial charge in [-0.3, -0.25) is 9.59 Å². The van der Waals surface area contributed by atoms with E-state index in [-0.39, 0.29) is 12.5 Å². The fourth-order valence-electron chi connectivity index (χ4n) is 2.63. The number of hydrogen-bond acceptors (Lipinski definition) is 5. The van der Waals surface area contributed by atoms with Gasteiger partial charge in [-0.1, -0.05) is 24.3 Å². The summed E-state index contributed by atoms with van der Waals surface area (Å²) in [5, 5.41) is 5.21. The van der Waals surface area contributed by atoms with Crippen LogP contribution in [-0.4, -0.2) is 26.8 Å². The third-order valence-corrected chi connectivity index (χ3v) is 4.90. The largest absolute Gasteiger partial charge is 0.366 e. The number of thiazole rings is 1. The number of amides is 2. The average molecular weight is 377 g/mol. The zero-order valence-corrected chi connectivity index (χ0v) is 14.9. The van der Waals surface area contributed by atoms with E-state index in [1.165, 1.54) is 11.3 Å². The Balaban J connectivity index is 1.44. The van der Waals surface area contributed by atoms with Crippen LogP contribution >= 0.6 is 11.3 Å². The van der Waals surface area contributed by atoms with Crippen molar-refractivity contribution >= 4 is 34.2 Å². The van der Waals surface area contributed by atoms with E-state index in [1.807, 2.05) is 24.3 Å². The Kier molecular flexibility index (Phi) is 4.39. The van der Waals surface area contributed by atoms with Crippen molar-refractivity contribution in [1.29, 1.82) is 0 Å². The molecule has 4 N–H and O–H groups in total. The Morgan fingerprint density at radius 1 is 1.07 bits per heavy atom. The molecule has 134 valence electrons. The first-order valence-electron chi connectivity index (χ1n) is 8.18. The molecule has 4 aromatic rings. The van der Waals surface area contributed by atoms with Gasteiger partial charge in [0.15, 0.2) is 0 Å². The van der Waals surface area contributed by atoms with Gasteiger partial charge >= 0.3 is 0 Å². The van der Waals surface area contributed by atoms with E-state index in [1.54, 1.807) is 29.6 Å². The molecule has 0 atom stereocenters. The monoisotopic (exact) mass is 377 g/mol. The summed E-state index contributed by atoms with van der Waals surface area (Å²) in [6, 6.07) is 14.5. The summed E-state index contributed by atoms with van der Waals surface area (Å²) < 4.78 is 0. The van der Waals surface area contributed by atoms with Crippen molar-refractivity contribution in [2.75, 3.05) is 0 Å². The van der Waals surface area contributed by atoms with Crippen molar-refractivity contribution in [2.45, 2.75) is 6.54 Å². The molecule has 0 spiro atoms. The number of carbonyl (C=O) groups excluding carboxylic acids is 2. The molecule has 0 radical (unpaired) electrons. The maximum absolute atomic E-state index is 12.4. The van der Waals surface area contributed by atoms with Gasteiger partial charge in [-0.05, 0) is 24.3 Å². The number of benzene rings is 2. The smallest absolute Gasteiger partial charge is 0.271 e. The van der Waals surface area contributed by atoms with Gasteiger partial charge in [0, 0.05) is 16.5 Å². The lowest BCUT2D eigenvalue weighted by Crippen LogP contribution is -2.23. The van der Waals surface area contributed by atoms with Gasteiger partial charge in [-0.15, -0.1) is 11.3 Å². The molecule has 2 aromatic heterocycles. The van der Waals surface area contributed by atoms with Crippen molar-refractivity contribution < 1.29 is 9.59 Å². The number of primary amides is 1. The quantitative estimate of drug-likeness (QED) is 0.496. The number of H-pyrrole nitrogens is 1. The van der Waals surface area contributed by atoms with Crippen LogP contribution in [0.3, 0.4) is 0 Å². The van der Waals surface area contributed by atoms with Gasteiger partial charge in [0.05, 0.1) is 17.6 Å². The fourth-order valence-corrected chi connectivity index (χ4v) is 3.44. The molecule has 8 heteroatoms. The molecule has 27 heavy (non-hydrogen) atoms. The second kappa shape index (κ2) is 7.00. The van der Waals surface area contributed by atoms with E-state index < -0.39 is 5.91 Å². The molecule has 0 saturated carbocycles. The van der Waals surface area contributed by atoms with E-state index in [4.69, 9.17) is 5.73 Å². The van der Waals surface area contributed by atoms with E-state index in [2.05, 4.69) is 20.3 Å². The van der Waals surface area contributed by atoms with Crippen molar-refractivity contribution in [2.24, 2.45) is 5.73 Å². The Bertz CT molecular complexity index is 1100. The van der Waals surface area contributed by atoms with E-state index >= 15 is 0 Å².